The molecule has 1 aliphatic heterocycles. The van der Waals surface area contributed by atoms with Crippen LogP contribution in [0, 0.1) is 0 Å². The number of rotatable bonds is 3. The molecule has 1 aromatic carbocycles. The highest BCUT2D eigenvalue weighted by Crippen LogP contribution is 2.30. The van der Waals surface area contributed by atoms with Crippen molar-refractivity contribution in [2.75, 3.05) is 5.75 Å². The molecule has 1 N–H and O–H groups in total. The van der Waals surface area contributed by atoms with E-state index in [4.69, 9.17) is 4.99 Å². The van der Waals surface area contributed by atoms with E-state index in [1.807, 2.05) is 11.8 Å². The third kappa shape index (κ3) is 3.25. The Morgan fingerprint density at radius 3 is 2.71 bits per heavy atom. The minimum Gasteiger partial charge on any atom is -0.360 e. The van der Waals surface area contributed by atoms with Crippen LogP contribution < -0.4 is 5.32 Å². The molecular formula is C14H20N2S. The molecule has 1 heterocycles. The Hall–Kier alpha value is -0.960. The maximum absolute atomic E-state index is 4.76. The first-order valence-electron chi connectivity index (χ1n) is 6.14. The van der Waals surface area contributed by atoms with Gasteiger partial charge in [-0.2, -0.15) is 0 Å². The van der Waals surface area contributed by atoms with E-state index in [1.54, 1.807) is 0 Å². The average molecular weight is 248 g/mol. The van der Waals surface area contributed by atoms with E-state index in [2.05, 4.69) is 56.4 Å². The highest BCUT2D eigenvalue weighted by atomic mass is 32.2. The van der Waals surface area contributed by atoms with Gasteiger partial charge >= 0.3 is 0 Å². The zero-order chi connectivity index (χ0) is 12.3. The summed E-state index contributed by atoms with van der Waals surface area (Å²) in [7, 11) is 0. The van der Waals surface area contributed by atoms with Crippen molar-refractivity contribution in [1.29, 1.82) is 0 Å². The second-order valence-electron chi connectivity index (χ2n) is 5.03. The van der Waals surface area contributed by atoms with Gasteiger partial charge in [-0.15, -0.1) is 0 Å². The van der Waals surface area contributed by atoms with Crippen LogP contribution >= 0.6 is 11.8 Å². The van der Waals surface area contributed by atoms with Gasteiger partial charge in [-0.25, -0.2) is 0 Å². The highest BCUT2D eigenvalue weighted by Gasteiger charge is 2.23. The summed E-state index contributed by atoms with van der Waals surface area (Å²) in [5.41, 5.74) is 1.45. The standard InChI is InChI=1S/C14H20N2S/c1-4-14(2,3)16-13-15-12(10-17-13)11-8-6-5-7-9-11/h5-9,12H,4,10H2,1-3H3,(H,15,16). The van der Waals surface area contributed by atoms with Crippen molar-refractivity contribution in [2.45, 2.75) is 38.8 Å². The minimum absolute atomic E-state index is 0.136. The molecule has 1 unspecified atom stereocenters. The largest absolute Gasteiger partial charge is 0.360 e. The van der Waals surface area contributed by atoms with Crippen molar-refractivity contribution in [3.63, 3.8) is 0 Å². The Labute approximate surface area is 108 Å². The molecule has 0 saturated heterocycles. The molecule has 1 aromatic rings. The lowest BCUT2D eigenvalue weighted by molar-refractivity contribution is 0.448. The molecule has 3 heteroatoms. The molecule has 0 saturated carbocycles. The second kappa shape index (κ2) is 5.13. The van der Waals surface area contributed by atoms with Gasteiger partial charge in [0.15, 0.2) is 5.17 Å². The fourth-order valence-electron chi connectivity index (χ4n) is 1.67. The molecule has 0 amide bonds. The SMILES string of the molecule is CCC(C)(C)NC1=NC(c2ccccc2)CS1. The summed E-state index contributed by atoms with van der Waals surface area (Å²) >= 11 is 1.83. The van der Waals surface area contributed by atoms with Crippen molar-refractivity contribution in [2.24, 2.45) is 4.99 Å². The number of nitrogens with zero attached hydrogens (tertiary/aromatic N) is 1. The molecule has 0 spiro atoms. The van der Waals surface area contributed by atoms with Gasteiger partial charge in [-0.3, -0.25) is 4.99 Å². The molecule has 0 fully saturated rings. The first kappa shape index (κ1) is 12.5. The molecule has 1 aliphatic rings. The monoisotopic (exact) mass is 248 g/mol. The first-order chi connectivity index (χ1) is 8.11. The lowest BCUT2D eigenvalue weighted by atomic mass is 10.0. The number of thioether (sulfide) groups is 1. The third-order valence-corrected chi connectivity index (χ3v) is 4.13. The first-order valence-corrected chi connectivity index (χ1v) is 7.13. The Morgan fingerprint density at radius 2 is 2.06 bits per heavy atom. The van der Waals surface area contributed by atoms with Crippen LogP contribution in [0.4, 0.5) is 0 Å². The smallest absolute Gasteiger partial charge is 0.157 e. The number of amidine groups is 1. The van der Waals surface area contributed by atoms with Gasteiger partial charge in [-0.05, 0) is 25.8 Å². The Morgan fingerprint density at radius 1 is 1.35 bits per heavy atom. The molecule has 2 nitrogen and oxygen atoms in total. The van der Waals surface area contributed by atoms with Crippen LogP contribution in [-0.4, -0.2) is 16.5 Å². The summed E-state index contributed by atoms with van der Waals surface area (Å²) in [4.78, 5) is 4.76. The van der Waals surface area contributed by atoms with Gasteiger partial charge in [0.05, 0.1) is 6.04 Å². The predicted octanol–water partition coefficient (Wildman–Crippen LogP) is 3.61. The lowest BCUT2D eigenvalue weighted by Gasteiger charge is -2.25. The predicted molar refractivity (Wildman–Crippen MR) is 76.6 cm³/mol. The fourth-order valence-corrected chi connectivity index (χ4v) is 2.80. The average Bonchev–Trinajstić information content (AvgIpc) is 2.78. The van der Waals surface area contributed by atoms with Crippen LogP contribution in [0.25, 0.3) is 0 Å². The van der Waals surface area contributed by atoms with Crippen molar-refractivity contribution in [3.05, 3.63) is 35.9 Å². The normalized spacial score (nSPS) is 20.2. The minimum atomic E-state index is 0.136. The molecule has 0 radical (unpaired) electrons. The summed E-state index contributed by atoms with van der Waals surface area (Å²) < 4.78 is 0. The van der Waals surface area contributed by atoms with Crippen LogP contribution in [0.2, 0.25) is 0 Å². The van der Waals surface area contributed by atoms with Crippen LogP contribution in [0.5, 0.6) is 0 Å². The van der Waals surface area contributed by atoms with Crippen LogP contribution in [0.15, 0.2) is 35.3 Å². The van der Waals surface area contributed by atoms with Gasteiger partial charge in [0, 0.05) is 11.3 Å². The van der Waals surface area contributed by atoms with E-state index in [-0.39, 0.29) is 5.54 Å². The van der Waals surface area contributed by atoms with Gasteiger partial charge < -0.3 is 5.32 Å². The van der Waals surface area contributed by atoms with Crippen molar-refractivity contribution < 1.29 is 0 Å². The number of hydrogen-bond acceptors (Lipinski definition) is 3. The van der Waals surface area contributed by atoms with E-state index in [0.717, 1.165) is 17.3 Å². The lowest BCUT2D eigenvalue weighted by Crippen LogP contribution is -2.41. The van der Waals surface area contributed by atoms with E-state index >= 15 is 0 Å². The Bertz CT molecular complexity index is 398. The van der Waals surface area contributed by atoms with Gasteiger partial charge in [-0.1, -0.05) is 49.0 Å². The zero-order valence-corrected chi connectivity index (χ0v) is 11.6. The topological polar surface area (TPSA) is 24.4 Å². The maximum Gasteiger partial charge on any atom is 0.157 e. The number of hydrogen-bond donors (Lipinski definition) is 1. The Balaban J connectivity index is 2.05. The summed E-state index contributed by atoms with van der Waals surface area (Å²) in [5, 5.41) is 4.61. The molecule has 0 bridgehead atoms. The van der Waals surface area contributed by atoms with Crippen molar-refractivity contribution in [3.8, 4) is 0 Å². The molecule has 0 aromatic heterocycles. The molecule has 1 atom stereocenters. The van der Waals surface area contributed by atoms with Crippen molar-refractivity contribution >= 4 is 16.9 Å². The van der Waals surface area contributed by atoms with E-state index in [9.17, 15) is 0 Å². The zero-order valence-electron chi connectivity index (χ0n) is 10.7. The summed E-state index contributed by atoms with van der Waals surface area (Å²) in [6.45, 7) is 6.62. The number of benzene rings is 1. The molecular weight excluding hydrogens is 228 g/mol. The summed E-state index contributed by atoms with van der Waals surface area (Å²) in [6.07, 6.45) is 1.10. The van der Waals surface area contributed by atoms with Gasteiger partial charge in [0.2, 0.25) is 0 Å². The van der Waals surface area contributed by atoms with Gasteiger partial charge in [0.1, 0.15) is 0 Å². The fraction of sp³-hybridized carbons (Fsp3) is 0.500. The van der Waals surface area contributed by atoms with E-state index in [1.165, 1.54) is 5.56 Å². The molecule has 17 heavy (non-hydrogen) atoms. The quantitative estimate of drug-likeness (QED) is 0.883. The van der Waals surface area contributed by atoms with Gasteiger partial charge in [0.25, 0.3) is 0 Å². The number of nitrogens with one attached hydrogen (secondary N) is 1. The van der Waals surface area contributed by atoms with Crippen molar-refractivity contribution in [1.82, 2.24) is 5.32 Å². The second-order valence-corrected chi connectivity index (χ2v) is 6.04. The summed E-state index contributed by atoms with van der Waals surface area (Å²) in [6, 6.07) is 10.8. The summed E-state index contributed by atoms with van der Waals surface area (Å²) in [5.74, 6) is 1.05. The molecule has 2 rings (SSSR count). The van der Waals surface area contributed by atoms with E-state index < -0.39 is 0 Å². The van der Waals surface area contributed by atoms with Crippen LogP contribution in [0.1, 0.15) is 38.8 Å². The van der Waals surface area contributed by atoms with Crippen LogP contribution in [0.3, 0.4) is 0 Å². The van der Waals surface area contributed by atoms with Crippen LogP contribution in [-0.2, 0) is 0 Å². The van der Waals surface area contributed by atoms with E-state index in [0.29, 0.717) is 6.04 Å². The Kier molecular flexibility index (Phi) is 3.77. The molecule has 92 valence electrons. The molecule has 0 aliphatic carbocycles. The third-order valence-electron chi connectivity index (χ3n) is 3.16. The highest BCUT2D eigenvalue weighted by molar-refractivity contribution is 8.14. The number of aliphatic imine (C=N–C) groups is 1. The maximum atomic E-state index is 4.76.